The SMILES string of the molecule is COc1cccc2c1O[C@@H](CN1C(C)CCC1CC(C)(O)c1cccc(C(F)(F)F)c1)CO2. The zero-order valence-electron chi connectivity index (χ0n) is 19.1. The zero-order chi connectivity index (χ0) is 23.8. The van der Waals surface area contributed by atoms with Crippen molar-refractivity contribution in [2.24, 2.45) is 0 Å². The summed E-state index contributed by atoms with van der Waals surface area (Å²) in [5, 5.41) is 11.2. The topological polar surface area (TPSA) is 51.2 Å². The maximum absolute atomic E-state index is 13.2. The van der Waals surface area contributed by atoms with E-state index in [0.29, 0.717) is 36.8 Å². The van der Waals surface area contributed by atoms with Gasteiger partial charge in [0.1, 0.15) is 12.7 Å². The second-order valence-corrected chi connectivity index (χ2v) is 9.17. The zero-order valence-corrected chi connectivity index (χ0v) is 19.1. The highest BCUT2D eigenvalue weighted by molar-refractivity contribution is 5.52. The van der Waals surface area contributed by atoms with E-state index in [0.717, 1.165) is 25.0 Å². The van der Waals surface area contributed by atoms with Crippen LogP contribution in [0.3, 0.4) is 0 Å². The molecule has 2 aromatic carbocycles. The number of fused-ring (bicyclic) bond motifs is 1. The lowest BCUT2D eigenvalue weighted by Crippen LogP contribution is -2.47. The van der Waals surface area contributed by atoms with Gasteiger partial charge in [0.25, 0.3) is 0 Å². The first-order valence-corrected chi connectivity index (χ1v) is 11.2. The quantitative estimate of drug-likeness (QED) is 0.651. The van der Waals surface area contributed by atoms with Crippen LogP contribution in [0.2, 0.25) is 0 Å². The van der Waals surface area contributed by atoms with Crippen LogP contribution in [-0.2, 0) is 11.8 Å². The van der Waals surface area contributed by atoms with Gasteiger partial charge in [-0.25, -0.2) is 0 Å². The lowest BCUT2D eigenvalue weighted by Gasteiger charge is -2.37. The van der Waals surface area contributed by atoms with Crippen molar-refractivity contribution in [3.8, 4) is 17.2 Å². The van der Waals surface area contributed by atoms with Crippen LogP contribution in [0.25, 0.3) is 0 Å². The summed E-state index contributed by atoms with van der Waals surface area (Å²) in [6, 6.07) is 10.7. The van der Waals surface area contributed by atoms with Crippen molar-refractivity contribution >= 4 is 0 Å². The van der Waals surface area contributed by atoms with Crippen molar-refractivity contribution < 1.29 is 32.5 Å². The average Bonchev–Trinajstić information content (AvgIpc) is 3.11. The molecule has 1 fully saturated rings. The van der Waals surface area contributed by atoms with Crippen LogP contribution in [-0.4, -0.2) is 48.5 Å². The van der Waals surface area contributed by atoms with Crippen LogP contribution >= 0.6 is 0 Å². The molecule has 4 rings (SSSR count). The van der Waals surface area contributed by atoms with Crippen LogP contribution < -0.4 is 14.2 Å². The number of ether oxygens (including phenoxy) is 3. The smallest absolute Gasteiger partial charge is 0.416 e. The summed E-state index contributed by atoms with van der Waals surface area (Å²) in [7, 11) is 1.58. The Morgan fingerprint density at radius 2 is 1.85 bits per heavy atom. The van der Waals surface area contributed by atoms with E-state index in [4.69, 9.17) is 14.2 Å². The molecular weight excluding hydrogens is 435 g/mol. The summed E-state index contributed by atoms with van der Waals surface area (Å²) in [6.45, 7) is 4.68. The maximum atomic E-state index is 13.2. The number of halogens is 3. The summed E-state index contributed by atoms with van der Waals surface area (Å²) in [6.07, 6.45) is -2.56. The van der Waals surface area contributed by atoms with Crippen LogP contribution in [0.15, 0.2) is 42.5 Å². The van der Waals surface area contributed by atoms with Gasteiger partial charge in [0, 0.05) is 18.6 Å². The van der Waals surface area contributed by atoms with Crippen molar-refractivity contribution in [1.29, 1.82) is 0 Å². The number of alkyl halides is 3. The first kappa shape index (κ1) is 23.7. The minimum atomic E-state index is -4.45. The summed E-state index contributed by atoms with van der Waals surface area (Å²) in [5.74, 6) is 1.83. The monoisotopic (exact) mass is 465 g/mol. The molecular formula is C25H30F3NO4. The predicted octanol–water partition coefficient (Wildman–Crippen LogP) is 5.00. The number of para-hydroxylation sites is 1. The molecule has 2 heterocycles. The van der Waals surface area contributed by atoms with E-state index in [2.05, 4.69) is 11.8 Å². The van der Waals surface area contributed by atoms with E-state index in [1.807, 2.05) is 18.2 Å². The molecule has 8 heteroatoms. The summed E-state index contributed by atoms with van der Waals surface area (Å²) in [4.78, 5) is 2.27. The number of likely N-dealkylation sites (tertiary alicyclic amines) is 1. The van der Waals surface area contributed by atoms with E-state index in [1.54, 1.807) is 20.1 Å². The Morgan fingerprint density at radius 3 is 2.58 bits per heavy atom. The molecule has 1 saturated heterocycles. The van der Waals surface area contributed by atoms with Crippen LogP contribution in [0.1, 0.15) is 44.2 Å². The fraction of sp³-hybridized carbons (Fsp3) is 0.520. The van der Waals surface area contributed by atoms with E-state index in [9.17, 15) is 18.3 Å². The Labute approximate surface area is 192 Å². The Bertz CT molecular complexity index is 964. The lowest BCUT2D eigenvalue weighted by molar-refractivity contribution is -0.137. The first-order chi connectivity index (χ1) is 15.6. The summed E-state index contributed by atoms with van der Waals surface area (Å²) < 4.78 is 57.0. The van der Waals surface area contributed by atoms with E-state index >= 15 is 0 Å². The van der Waals surface area contributed by atoms with Gasteiger partial charge < -0.3 is 19.3 Å². The van der Waals surface area contributed by atoms with Gasteiger partial charge in [0.05, 0.1) is 18.3 Å². The van der Waals surface area contributed by atoms with Gasteiger partial charge in [-0.2, -0.15) is 13.2 Å². The highest BCUT2D eigenvalue weighted by atomic mass is 19.4. The number of hydrogen-bond acceptors (Lipinski definition) is 5. The van der Waals surface area contributed by atoms with Gasteiger partial charge in [-0.3, -0.25) is 4.90 Å². The van der Waals surface area contributed by atoms with Gasteiger partial charge in [0.15, 0.2) is 11.5 Å². The molecule has 0 radical (unpaired) electrons. The molecule has 2 aromatic rings. The van der Waals surface area contributed by atoms with Gasteiger partial charge in [0.2, 0.25) is 5.75 Å². The minimum absolute atomic E-state index is 0.00667. The molecule has 3 unspecified atom stereocenters. The molecule has 0 bridgehead atoms. The van der Waals surface area contributed by atoms with Gasteiger partial charge in [-0.1, -0.05) is 18.2 Å². The Hall–Kier alpha value is -2.45. The largest absolute Gasteiger partial charge is 0.493 e. The molecule has 5 nitrogen and oxygen atoms in total. The molecule has 0 aromatic heterocycles. The minimum Gasteiger partial charge on any atom is -0.493 e. The third-order valence-electron chi connectivity index (χ3n) is 6.68. The normalized spacial score (nSPS) is 25.0. The number of rotatable bonds is 6. The molecule has 33 heavy (non-hydrogen) atoms. The molecule has 1 N–H and O–H groups in total. The van der Waals surface area contributed by atoms with Gasteiger partial charge in [-0.15, -0.1) is 0 Å². The molecule has 0 saturated carbocycles. The highest BCUT2D eigenvalue weighted by Gasteiger charge is 2.39. The van der Waals surface area contributed by atoms with Crippen LogP contribution in [0.4, 0.5) is 13.2 Å². The molecule has 0 amide bonds. The summed E-state index contributed by atoms with van der Waals surface area (Å²) in [5.41, 5.74) is -1.88. The predicted molar refractivity (Wildman–Crippen MR) is 118 cm³/mol. The van der Waals surface area contributed by atoms with Gasteiger partial charge >= 0.3 is 6.18 Å². The number of methoxy groups -OCH3 is 1. The Kier molecular flexibility index (Phi) is 6.51. The van der Waals surface area contributed by atoms with Gasteiger partial charge in [-0.05, 0) is 62.9 Å². The maximum Gasteiger partial charge on any atom is 0.416 e. The fourth-order valence-electron chi connectivity index (χ4n) is 4.88. The lowest BCUT2D eigenvalue weighted by atomic mass is 9.87. The molecule has 2 aliphatic heterocycles. The van der Waals surface area contributed by atoms with E-state index < -0.39 is 17.3 Å². The number of nitrogens with zero attached hydrogens (tertiary/aromatic N) is 1. The van der Waals surface area contributed by atoms with Crippen molar-refractivity contribution in [1.82, 2.24) is 4.90 Å². The fourth-order valence-corrected chi connectivity index (χ4v) is 4.88. The average molecular weight is 466 g/mol. The van der Waals surface area contributed by atoms with Crippen LogP contribution in [0.5, 0.6) is 17.2 Å². The van der Waals surface area contributed by atoms with Crippen molar-refractivity contribution in [3.05, 3.63) is 53.6 Å². The number of hydrogen-bond donors (Lipinski definition) is 1. The molecule has 4 atom stereocenters. The number of benzene rings is 2. The Morgan fingerprint density at radius 1 is 1.12 bits per heavy atom. The second kappa shape index (κ2) is 9.06. The molecule has 180 valence electrons. The third kappa shape index (κ3) is 5.06. The first-order valence-electron chi connectivity index (χ1n) is 11.2. The molecule has 2 aliphatic rings. The third-order valence-corrected chi connectivity index (χ3v) is 6.68. The van der Waals surface area contributed by atoms with Crippen molar-refractivity contribution in [2.45, 2.75) is 63.1 Å². The highest BCUT2D eigenvalue weighted by Crippen LogP contribution is 2.41. The van der Waals surface area contributed by atoms with Crippen LogP contribution in [0, 0.1) is 0 Å². The van der Waals surface area contributed by atoms with Crippen molar-refractivity contribution in [2.75, 3.05) is 20.3 Å². The number of aliphatic hydroxyl groups is 1. The van der Waals surface area contributed by atoms with E-state index in [-0.39, 0.29) is 23.8 Å². The molecule has 0 spiro atoms. The Balaban J connectivity index is 1.48. The molecule has 0 aliphatic carbocycles. The summed E-state index contributed by atoms with van der Waals surface area (Å²) >= 11 is 0. The van der Waals surface area contributed by atoms with Crippen molar-refractivity contribution in [3.63, 3.8) is 0 Å². The second-order valence-electron chi connectivity index (χ2n) is 9.17. The van der Waals surface area contributed by atoms with E-state index in [1.165, 1.54) is 6.07 Å². The standard InChI is InChI=1S/C25H30F3NO4/c1-16-10-11-19(13-24(2,30)17-6-4-7-18(12-17)25(26,27)28)29(16)14-20-15-32-22-9-5-8-21(31-3)23(22)33-20/h4-9,12,16,19-20,30H,10-11,13-15H2,1-3H3/t16?,19?,20-,24?/m0/s1.